The molecule has 2 rings (SSSR count). The van der Waals surface area contributed by atoms with Crippen LogP contribution in [0.5, 0.6) is 0 Å². The van der Waals surface area contributed by atoms with E-state index in [-0.39, 0.29) is 0 Å². The van der Waals surface area contributed by atoms with Gasteiger partial charge in [0.15, 0.2) is 0 Å². The molecule has 1 radical (unpaired) electrons. The van der Waals surface area contributed by atoms with E-state index in [1.54, 1.807) is 0 Å². The Labute approximate surface area is 62.6 Å². The van der Waals surface area contributed by atoms with Gasteiger partial charge >= 0.3 is 0 Å². The van der Waals surface area contributed by atoms with Crippen molar-refractivity contribution in [3.05, 3.63) is 0 Å². The molecular weight excluding hydrogens is 124 g/mol. The van der Waals surface area contributed by atoms with Crippen LogP contribution in [0.2, 0.25) is 0 Å². The second-order valence-corrected chi connectivity index (χ2v) is 3.91. The Balaban J connectivity index is 2.03. The first-order valence-electron chi connectivity index (χ1n) is 4.20. The molecule has 0 aromatic carbocycles. The van der Waals surface area contributed by atoms with Crippen LogP contribution in [0.1, 0.15) is 12.8 Å². The molecule has 2 fully saturated rings. The topological polar surface area (TPSA) is 17.9 Å². The summed E-state index contributed by atoms with van der Waals surface area (Å²) < 4.78 is 0. The van der Waals surface area contributed by atoms with E-state index in [2.05, 4.69) is 17.3 Å². The van der Waals surface area contributed by atoms with Crippen molar-refractivity contribution >= 4 is 0 Å². The largest absolute Gasteiger partial charge is 0.316 e. The zero-order valence-electron chi connectivity index (χ0n) is 6.69. The van der Waals surface area contributed by atoms with Gasteiger partial charge in [0.1, 0.15) is 20.1 Å². The van der Waals surface area contributed by atoms with Gasteiger partial charge in [0, 0.05) is 18.4 Å². The summed E-state index contributed by atoms with van der Waals surface area (Å²) >= 11 is 0. The molecule has 2 heteroatoms. The summed E-state index contributed by atoms with van der Waals surface area (Å²) in [6.07, 6.45) is 2.81. The minimum absolute atomic E-state index is 0.675. The van der Waals surface area contributed by atoms with Crippen LogP contribution in [0.3, 0.4) is 0 Å². The standard InChI is InChI=1S/C8H16N2/c1-10-5-3-8(7-10)2-4-9-6-8/h9H,2-7H2,1H3/q+1. The first kappa shape index (κ1) is 6.62. The summed E-state index contributed by atoms with van der Waals surface area (Å²) in [6.45, 7) is 5.13. The molecule has 0 aromatic heterocycles. The minimum atomic E-state index is 0.675. The van der Waals surface area contributed by atoms with Crippen LogP contribution in [-0.2, 0) is 0 Å². The molecule has 2 nitrogen and oxygen atoms in total. The van der Waals surface area contributed by atoms with Gasteiger partial charge in [-0.15, -0.1) is 0 Å². The highest BCUT2D eigenvalue weighted by Crippen LogP contribution is 2.33. The Morgan fingerprint density at radius 2 is 2.30 bits per heavy atom. The Morgan fingerprint density at radius 1 is 1.40 bits per heavy atom. The second kappa shape index (κ2) is 2.21. The Kier molecular flexibility index (Phi) is 1.46. The Morgan fingerprint density at radius 3 is 2.80 bits per heavy atom. The highest BCUT2D eigenvalue weighted by atomic mass is 15.1. The lowest BCUT2D eigenvalue weighted by atomic mass is 9.87. The summed E-state index contributed by atoms with van der Waals surface area (Å²) in [5, 5.41) is 3.45. The minimum Gasteiger partial charge on any atom is -0.316 e. The maximum atomic E-state index is 3.45. The molecule has 2 aliphatic rings. The van der Waals surface area contributed by atoms with Crippen molar-refractivity contribution in [2.45, 2.75) is 12.8 Å². The SMILES string of the molecule is C[N+]1CCC2(CCNC2)C1. The van der Waals surface area contributed by atoms with Crippen LogP contribution in [0.4, 0.5) is 0 Å². The summed E-state index contributed by atoms with van der Waals surface area (Å²) in [5.74, 6) is 0. The monoisotopic (exact) mass is 140 g/mol. The zero-order chi connectivity index (χ0) is 7.03. The van der Waals surface area contributed by atoms with E-state index >= 15 is 0 Å². The van der Waals surface area contributed by atoms with Gasteiger partial charge in [-0.1, -0.05) is 0 Å². The highest BCUT2D eigenvalue weighted by molar-refractivity contribution is 4.96. The van der Waals surface area contributed by atoms with E-state index in [4.69, 9.17) is 0 Å². The quantitative estimate of drug-likeness (QED) is 0.474. The predicted octanol–water partition coefficient (Wildman–Crippen LogP) is 0.140. The lowest BCUT2D eigenvalue weighted by Gasteiger charge is -2.15. The first-order chi connectivity index (χ1) is 4.81. The van der Waals surface area contributed by atoms with Crippen molar-refractivity contribution in [2.24, 2.45) is 5.41 Å². The molecule has 0 aliphatic carbocycles. The third kappa shape index (κ3) is 0.956. The first-order valence-corrected chi connectivity index (χ1v) is 4.20. The Hall–Kier alpha value is -0.0800. The molecule has 0 saturated carbocycles. The van der Waals surface area contributed by atoms with E-state index in [0.29, 0.717) is 5.41 Å². The number of hydrogen-bond donors (Lipinski definition) is 1. The highest BCUT2D eigenvalue weighted by Gasteiger charge is 2.44. The van der Waals surface area contributed by atoms with Crippen molar-refractivity contribution in [1.29, 1.82) is 0 Å². The molecule has 0 aromatic rings. The third-order valence-corrected chi connectivity index (χ3v) is 2.96. The number of hydrogen-bond acceptors (Lipinski definition) is 2. The summed E-state index contributed by atoms with van der Waals surface area (Å²) in [4.78, 5) is 2.45. The van der Waals surface area contributed by atoms with Crippen LogP contribution >= 0.6 is 0 Å². The second-order valence-electron chi connectivity index (χ2n) is 3.91. The van der Waals surface area contributed by atoms with Gasteiger partial charge in [0.25, 0.3) is 0 Å². The summed E-state index contributed by atoms with van der Waals surface area (Å²) in [6, 6.07) is 0. The van der Waals surface area contributed by atoms with Crippen molar-refractivity contribution in [2.75, 3.05) is 33.2 Å². The number of likely N-dealkylation sites (tertiary alicyclic amines) is 1. The van der Waals surface area contributed by atoms with Gasteiger partial charge in [-0.2, -0.15) is 4.90 Å². The van der Waals surface area contributed by atoms with Gasteiger partial charge in [-0.05, 0) is 13.0 Å². The average molecular weight is 140 g/mol. The molecule has 0 bridgehead atoms. The normalized spacial score (nSPS) is 41.7. The maximum absolute atomic E-state index is 3.45. The van der Waals surface area contributed by atoms with Gasteiger partial charge in [0.2, 0.25) is 0 Å². The molecule has 2 heterocycles. The number of rotatable bonds is 0. The lowest BCUT2D eigenvalue weighted by molar-refractivity contribution is 0.348. The molecule has 1 unspecified atom stereocenters. The van der Waals surface area contributed by atoms with E-state index in [1.165, 1.54) is 39.0 Å². The average Bonchev–Trinajstić information content (AvgIpc) is 2.46. The van der Waals surface area contributed by atoms with Crippen molar-refractivity contribution < 1.29 is 0 Å². The Bertz CT molecular complexity index is 127. The van der Waals surface area contributed by atoms with Crippen molar-refractivity contribution in [3.8, 4) is 0 Å². The van der Waals surface area contributed by atoms with E-state index < -0.39 is 0 Å². The number of nitrogens with zero attached hydrogens (tertiary/aromatic N) is 1. The predicted molar refractivity (Wildman–Crippen MR) is 42.3 cm³/mol. The molecule has 1 N–H and O–H groups in total. The van der Waals surface area contributed by atoms with Gasteiger partial charge in [-0.25, -0.2) is 0 Å². The summed E-state index contributed by atoms with van der Waals surface area (Å²) in [5.41, 5.74) is 0.675. The van der Waals surface area contributed by atoms with Crippen LogP contribution < -0.4 is 10.2 Å². The van der Waals surface area contributed by atoms with Crippen LogP contribution in [0, 0.1) is 5.41 Å². The molecule has 1 spiro atoms. The maximum Gasteiger partial charge on any atom is 0.129 e. The molecular formula is C8H16N2+. The molecule has 2 aliphatic heterocycles. The van der Waals surface area contributed by atoms with Gasteiger partial charge in [0.05, 0.1) is 0 Å². The summed E-state index contributed by atoms with van der Waals surface area (Å²) in [7, 11) is 2.23. The zero-order valence-corrected chi connectivity index (χ0v) is 6.69. The van der Waals surface area contributed by atoms with Crippen molar-refractivity contribution in [3.63, 3.8) is 0 Å². The van der Waals surface area contributed by atoms with Crippen LogP contribution in [-0.4, -0.2) is 33.2 Å². The fourth-order valence-electron chi connectivity index (χ4n) is 2.30. The molecule has 57 valence electrons. The molecule has 1 atom stereocenters. The number of nitrogens with one attached hydrogen (secondary N) is 1. The fourth-order valence-corrected chi connectivity index (χ4v) is 2.30. The molecule has 10 heavy (non-hydrogen) atoms. The van der Waals surface area contributed by atoms with E-state index in [1.807, 2.05) is 0 Å². The fraction of sp³-hybridized carbons (Fsp3) is 1.00. The van der Waals surface area contributed by atoms with Crippen LogP contribution in [0.15, 0.2) is 0 Å². The van der Waals surface area contributed by atoms with E-state index in [0.717, 1.165) is 0 Å². The van der Waals surface area contributed by atoms with E-state index in [9.17, 15) is 0 Å². The molecule has 2 saturated heterocycles. The van der Waals surface area contributed by atoms with Crippen molar-refractivity contribution in [1.82, 2.24) is 10.2 Å². The molecule has 0 amide bonds. The van der Waals surface area contributed by atoms with Crippen LogP contribution in [0.25, 0.3) is 0 Å². The van der Waals surface area contributed by atoms with Gasteiger partial charge in [-0.3, -0.25) is 0 Å². The van der Waals surface area contributed by atoms with Gasteiger partial charge < -0.3 is 5.32 Å². The lowest BCUT2D eigenvalue weighted by Crippen LogP contribution is -2.29. The smallest absolute Gasteiger partial charge is 0.129 e. The third-order valence-electron chi connectivity index (χ3n) is 2.96.